The van der Waals surface area contributed by atoms with E-state index in [9.17, 15) is 8.22 Å². The fourth-order valence-corrected chi connectivity index (χ4v) is 11.4. The fourth-order valence-electron chi connectivity index (χ4n) is 11.4. The van der Waals surface area contributed by atoms with Crippen molar-refractivity contribution >= 4 is 22.1 Å². The van der Waals surface area contributed by atoms with Gasteiger partial charge in [0.05, 0.1) is 33.7 Å². The molecule has 0 unspecified atom stereocenters. The molecule has 0 N–H and O–H groups in total. The van der Waals surface area contributed by atoms with E-state index in [4.69, 9.17) is 14.7 Å². The molecule has 0 fully saturated rings. The second-order valence-electron chi connectivity index (χ2n) is 22.3. The van der Waals surface area contributed by atoms with E-state index >= 15 is 0 Å². The third kappa shape index (κ3) is 10.4. The summed E-state index contributed by atoms with van der Waals surface area (Å²) in [5, 5.41) is 0. The minimum Gasteiger partial charge on any atom is -0.496 e. The first-order chi connectivity index (χ1) is 41.7. The number of hydrogen-bond acceptors (Lipinski definition) is 3. The summed E-state index contributed by atoms with van der Waals surface area (Å²) < 4.78 is 68.2. The first kappa shape index (κ1) is 48.3. The molecule has 6 heteroatoms. The van der Waals surface area contributed by atoms with Crippen molar-refractivity contribution in [3.8, 4) is 90.2 Å². The van der Waals surface area contributed by atoms with Crippen LogP contribution in [0.25, 0.3) is 101 Å². The largest absolute Gasteiger partial charge is 2.00 e. The Bertz CT molecular complexity index is 4160. The van der Waals surface area contributed by atoms with Crippen molar-refractivity contribution in [3.63, 3.8) is 0 Å². The van der Waals surface area contributed by atoms with Crippen LogP contribution in [0.1, 0.15) is 121 Å². The van der Waals surface area contributed by atoms with Crippen LogP contribution < -0.4 is 4.74 Å². The van der Waals surface area contributed by atoms with Crippen LogP contribution in [-0.4, -0.2) is 19.1 Å². The van der Waals surface area contributed by atoms with Crippen molar-refractivity contribution in [2.45, 2.75) is 92.8 Å². The van der Waals surface area contributed by atoms with Crippen LogP contribution >= 0.6 is 0 Å². The summed E-state index contributed by atoms with van der Waals surface area (Å²) in [6, 6.07) is 75.4. The summed E-state index contributed by atoms with van der Waals surface area (Å²) >= 11 is 0. The molecule has 0 bridgehead atoms. The molecule has 0 aliphatic carbocycles. The van der Waals surface area contributed by atoms with E-state index in [0.717, 1.165) is 77.9 Å². The molecule has 0 aliphatic rings. The summed E-state index contributed by atoms with van der Waals surface area (Å²) in [5.41, 5.74) is 16.4. The predicted octanol–water partition coefficient (Wildman–Crippen LogP) is 20.9. The van der Waals surface area contributed by atoms with Gasteiger partial charge in [0.1, 0.15) is 0 Å². The number of rotatable bonds is 14. The monoisotopic (exact) mass is 1250 g/mol. The van der Waals surface area contributed by atoms with Gasteiger partial charge < -0.3 is 13.9 Å². The van der Waals surface area contributed by atoms with E-state index in [1.54, 1.807) is 0 Å². The molecule has 2 aromatic heterocycles. The van der Waals surface area contributed by atoms with Crippen molar-refractivity contribution in [2.75, 3.05) is 0 Å². The number of hydrogen-bond donors (Lipinski definition) is 0. The Morgan fingerprint density at radius 3 is 1.00 bits per heavy atom. The van der Waals surface area contributed by atoms with Gasteiger partial charge in [0.25, 0.3) is 0 Å². The van der Waals surface area contributed by atoms with Crippen molar-refractivity contribution in [1.82, 2.24) is 19.1 Å². The molecule has 12 aromatic rings. The number of nitrogens with zero attached hydrogens (tertiary/aromatic N) is 4. The van der Waals surface area contributed by atoms with Crippen LogP contribution in [0.15, 0.2) is 206 Å². The zero-order chi connectivity index (χ0) is 61.1. The number of para-hydroxylation sites is 4. The smallest absolute Gasteiger partial charge is 0.496 e. The van der Waals surface area contributed by atoms with Gasteiger partial charge in [-0.1, -0.05) is 249 Å². The van der Waals surface area contributed by atoms with Crippen molar-refractivity contribution in [3.05, 3.63) is 252 Å². The van der Waals surface area contributed by atoms with Crippen LogP contribution in [0.5, 0.6) is 11.5 Å². The normalized spacial score (nSPS) is 13.0. The molecule has 0 amide bonds. The minimum absolute atomic E-state index is 0. The van der Waals surface area contributed by atoms with E-state index < -0.39 is 13.7 Å². The second kappa shape index (κ2) is 23.2. The third-order valence-electron chi connectivity index (χ3n) is 15.5. The van der Waals surface area contributed by atoms with Crippen LogP contribution in [0, 0.1) is 25.8 Å². The van der Waals surface area contributed by atoms with E-state index in [2.05, 4.69) is 162 Å². The molecule has 0 atom stereocenters. The van der Waals surface area contributed by atoms with E-state index in [0.29, 0.717) is 45.0 Å². The first-order valence-electron chi connectivity index (χ1n) is 31.2. The summed E-state index contributed by atoms with van der Waals surface area (Å²) in [7, 11) is 0. The number of fused-ring (bicyclic) bond motifs is 2. The second-order valence-corrected chi connectivity index (χ2v) is 22.3. The van der Waals surface area contributed by atoms with Crippen LogP contribution in [0.2, 0.25) is 0 Å². The third-order valence-corrected chi connectivity index (χ3v) is 15.5. The summed E-state index contributed by atoms with van der Waals surface area (Å²) in [4.78, 5) is 10.9. The predicted molar refractivity (Wildman–Crippen MR) is 338 cm³/mol. The summed E-state index contributed by atoms with van der Waals surface area (Å²) in [6.07, 6.45) is 0. The standard InChI is InChI=1S/C76H68N4O.Pt/c1-47(2)61-39-57(53-27-15-11-16-28-53)40-62(48(3)4)73(61)79-69-37-25-23-35-67(69)77-75(79)59-43-65(55-31-19-13-20-32-55)51(9)71(45-59)81-72-46-60(44-66(52(72)10)56-33-21-14-22-34-56)76-78-68-36-24-26-38-70(68)80(76)74-63(49(5)6)41-58(42-64(74)50(7)8)54-29-17-12-18-30-54;/h11-44,47-50H,1-10H3;/q-2;+2/i9D3,10D3;. The Balaban J connectivity index is 0.00000800. The molecule has 0 aliphatic heterocycles. The average Bonchev–Trinajstić information content (AvgIpc) is 1.51. The number of benzene rings is 10. The van der Waals surface area contributed by atoms with Crippen LogP contribution in [0.4, 0.5) is 0 Å². The minimum atomic E-state index is -2.82. The van der Waals surface area contributed by atoms with Gasteiger partial charge in [-0.3, -0.25) is 9.97 Å². The molecule has 10 aromatic carbocycles. The maximum absolute atomic E-state index is 9.42. The number of imidazole rings is 2. The molecule has 408 valence electrons. The first-order valence-corrected chi connectivity index (χ1v) is 28.2. The SMILES string of the molecule is [2H]C([2H])([2H])c1c(Oc2[c-]c(-c3nc4ccccc4n3-c3c(C(C)C)cc(-c4ccccc4)cc3C(C)C)cc(-c3ccccc3)c2C([2H])([2H])[2H])[c-]c(-c2nc3ccccc3n2-c2c(C(C)C)cc(-c3ccccc3)cc2C(C)C)cc1-c1ccccc1.[Pt+2]. The Morgan fingerprint density at radius 1 is 0.378 bits per heavy atom. The van der Waals surface area contributed by atoms with Gasteiger partial charge in [0.15, 0.2) is 0 Å². The molecule has 12 rings (SSSR count). The van der Waals surface area contributed by atoms with Crippen molar-refractivity contribution in [2.24, 2.45) is 0 Å². The summed E-state index contributed by atoms with van der Waals surface area (Å²) in [6.45, 7) is 12.0. The average molecular weight is 1250 g/mol. The van der Waals surface area contributed by atoms with E-state index in [-0.39, 0.29) is 67.4 Å². The number of aromatic nitrogens is 4. The molecular formula is C76H68N4OPt. The molecule has 5 nitrogen and oxygen atoms in total. The molecule has 0 saturated heterocycles. The van der Waals surface area contributed by atoms with Gasteiger partial charge in [-0.05, 0) is 128 Å². The van der Waals surface area contributed by atoms with Gasteiger partial charge in [-0.25, -0.2) is 0 Å². The Labute approximate surface area is 507 Å². The Morgan fingerprint density at radius 2 is 0.683 bits per heavy atom. The quantitative estimate of drug-likeness (QED) is 0.102. The maximum atomic E-state index is 9.42. The molecule has 0 saturated carbocycles. The Hall–Kier alpha value is -8.37. The van der Waals surface area contributed by atoms with Crippen molar-refractivity contribution < 1.29 is 34.0 Å². The van der Waals surface area contributed by atoms with E-state index in [1.165, 1.54) is 0 Å². The van der Waals surface area contributed by atoms with Gasteiger partial charge in [-0.2, -0.15) is 0 Å². The van der Waals surface area contributed by atoms with Crippen LogP contribution in [0.3, 0.4) is 0 Å². The van der Waals surface area contributed by atoms with Gasteiger partial charge >= 0.3 is 21.1 Å². The fraction of sp³-hybridized carbons (Fsp3) is 0.184. The number of ether oxygens (including phenoxy) is 1. The van der Waals surface area contributed by atoms with Crippen molar-refractivity contribution in [1.29, 1.82) is 0 Å². The van der Waals surface area contributed by atoms with Crippen LogP contribution in [-0.2, 0) is 21.1 Å². The zero-order valence-corrected chi connectivity index (χ0v) is 49.7. The maximum Gasteiger partial charge on any atom is 2.00 e. The van der Waals surface area contributed by atoms with Gasteiger partial charge in [0.2, 0.25) is 0 Å². The zero-order valence-electron chi connectivity index (χ0n) is 53.5. The molecular weight excluding hydrogens is 1180 g/mol. The van der Waals surface area contributed by atoms with E-state index in [1.807, 2.05) is 121 Å². The molecule has 0 radical (unpaired) electrons. The van der Waals surface area contributed by atoms with Gasteiger partial charge in [-0.15, -0.1) is 23.3 Å². The molecule has 82 heavy (non-hydrogen) atoms. The summed E-state index contributed by atoms with van der Waals surface area (Å²) in [5.74, 6) is 0.865. The van der Waals surface area contributed by atoms with Gasteiger partial charge in [0, 0.05) is 31.1 Å². The molecule has 2 heterocycles. The molecule has 0 spiro atoms. The Kier molecular flexibility index (Phi) is 13.7. The topological polar surface area (TPSA) is 44.9 Å².